The Morgan fingerprint density at radius 3 is 2.74 bits per heavy atom. The highest BCUT2D eigenvalue weighted by molar-refractivity contribution is 5.66. The second kappa shape index (κ2) is 9.40. The molecular weight excluding hydrogens is 294 g/mol. The molecule has 1 unspecified atom stereocenters. The fourth-order valence-electron chi connectivity index (χ4n) is 3.05. The third kappa shape index (κ3) is 6.10. The number of piperidine rings is 1. The van der Waals surface area contributed by atoms with Gasteiger partial charge in [-0.3, -0.25) is 9.69 Å². The van der Waals surface area contributed by atoms with Crippen molar-refractivity contribution in [1.29, 1.82) is 0 Å². The number of benzene rings is 1. The highest BCUT2D eigenvalue weighted by Gasteiger charge is 2.20. The number of para-hydroxylation sites is 2. The highest BCUT2D eigenvalue weighted by Crippen LogP contribution is 2.26. The molecule has 0 radical (unpaired) electrons. The summed E-state index contributed by atoms with van der Waals surface area (Å²) in [4.78, 5) is 13.1. The summed E-state index contributed by atoms with van der Waals surface area (Å²) in [5, 5.41) is 8.80. The Hall–Kier alpha value is -1.75. The van der Waals surface area contributed by atoms with Crippen molar-refractivity contribution in [2.24, 2.45) is 5.92 Å². The number of carboxylic acids is 1. The second-order valence-corrected chi connectivity index (χ2v) is 5.97. The van der Waals surface area contributed by atoms with E-state index in [-0.39, 0.29) is 6.42 Å². The zero-order valence-corrected chi connectivity index (χ0v) is 13.9. The van der Waals surface area contributed by atoms with Crippen molar-refractivity contribution >= 4 is 5.97 Å². The van der Waals surface area contributed by atoms with Crippen molar-refractivity contribution in [1.82, 2.24) is 4.90 Å². The highest BCUT2D eigenvalue weighted by atomic mass is 16.5. The van der Waals surface area contributed by atoms with E-state index < -0.39 is 5.97 Å². The van der Waals surface area contributed by atoms with Crippen molar-refractivity contribution in [2.45, 2.75) is 32.6 Å². The second-order valence-electron chi connectivity index (χ2n) is 5.97. The molecule has 128 valence electrons. The van der Waals surface area contributed by atoms with Crippen LogP contribution in [0, 0.1) is 5.92 Å². The number of ether oxygens (including phenoxy) is 2. The molecule has 0 saturated carbocycles. The van der Waals surface area contributed by atoms with E-state index in [1.165, 1.54) is 0 Å². The summed E-state index contributed by atoms with van der Waals surface area (Å²) < 4.78 is 11.4. The van der Waals surface area contributed by atoms with Crippen LogP contribution in [0.3, 0.4) is 0 Å². The summed E-state index contributed by atoms with van der Waals surface area (Å²) >= 11 is 0. The van der Waals surface area contributed by atoms with E-state index in [9.17, 15) is 4.79 Å². The molecule has 1 aromatic carbocycles. The Bertz CT molecular complexity index is 492. The molecule has 5 nitrogen and oxygen atoms in total. The number of aliphatic carboxylic acids is 1. The Kier molecular flexibility index (Phi) is 7.20. The van der Waals surface area contributed by atoms with Crippen LogP contribution < -0.4 is 9.47 Å². The lowest BCUT2D eigenvalue weighted by Crippen LogP contribution is -2.38. The maximum atomic E-state index is 10.7. The monoisotopic (exact) mass is 321 g/mol. The van der Waals surface area contributed by atoms with Crippen LogP contribution >= 0.6 is 0 Å². The molecule has 1 N–H and O–H groups in total. The number of rotatable bonds is 9. The van der Waals surface area contributed by atoms with Crippen LogP contribution in [0.15, 0.2) is 24.3 Å². The van der Waals surface area contributed by atoms with Crippen LogP contribution in [0.1, 0.15) is 32.6 Å². The number of hydrogen-bond donors (Lipinski definition) is 1. The van der Waals surface area contributed by atoms with Crippen molar-refractivity contribution in [2.75, 3.05) is 32.8 Å². The van der Waals surface area contributed by atoms with Crippen LogP contribution in [0.5, 0.6) is 11.5 Å². The fourth-order valence-corrected chi connectivity index (χ4v) is 3.05. The minimum absolute atomic E-state index is 0.275. The van der Waals surface area contributed by atoms with Crippen molar-refractivity contribution in [3.05, 3.63) is 24.3 Å². The molecule has 1 aromatic rings. The molecule has 5 heteroatoms. The predicted molar refractivity (Wildman–Crippen MR) is 89.1 cm³/mol. The number of carboxylic acid groups (broad SMARTS) is 1. The van der Waals surface area contributed by atoms with E-state index in [0.29, 0.717) is 19.1 Å². The van der Waals surface area contributed by atoms with Gasteiger partial charge in [0.2, 0.25) is 0 Å². The van der Waals surface area contributed by atoms with E-state index in [4.69, 9.17) is 14.6 Å². The molecule has 2 rings (SSSR count). The van der Waals surface area contributed by atoms with Crippen molar-refractivity contribution < 1.29 is 19.4 Å². The van der Waals surface area contributed by atoms with Gasteiger partial charge < -0.3 is 14.6 Å². The summed E-state index contributed by atoms with van der Waals surface area (Å²) in [6.07, 6.45) is 3.33. The first-order valence-electron chi connectivity index (χ1n) is 8.47. The zero-order chi connectivity index (χ0) is 16.5. The SMILES string of the molecule is CCOc1ccccc1OCCN1CCCC(CCC(=O)O)C1. The van der Waals surface area contributed by atoms with Crippen LogP contribution in [0.4, 0.5) is 0 Å². The molecule has 0 amide bonds. The van der Waals surface area contributed by atoms with Gasteiger partial charge in [0.05, 0.1) is 6.61 Å². The number of nitrogens with zero attached hydrogens (tertiary/aromatic N) is 1. The van der Waals surface area contributed by atoms with E-state index in [0.717, 1.165) is 50.4 Å². The normalized spacial score (nSPS) is 18.6. The molecule has 23 heavy (non-hydrogen) atoms. The number of hydrogen-bond acceptors (Lipinski definition) is 4. The molecule has 1 saturated heterocycles. The van der Waals surface area contributed by atoms with E-state index in [1.54, 1.807) is 0 Å². The maximum Gasteiger partial charge on any atom is 0.303 e. The maximum absolute atomic E-state index is 10.7. The van der Waals surface area contributed by atoms with Crippen molar-refractivity contribution in [3.63, 3.8) is 0 Å². The molecule has 0 aromatic heterocycles. The molecule has 0 bridgehead atoms. The quantitative estimate of drug-likeness (QED) is 0.757. The average molecular weight is 321 g/mol. The lowest BCUT2D eigenvalue weighted by atomic mass is 9.93. The third-order valence-electron chi connectivity index (χ3n) is 4.18. The minimum Gasteiger partial charge on any atom is -0.490 e. The number of carbonyl (C=O) groups is 1. The summed E-state index contributed by atoms with van der Waals surface area (Å²) in [5.74, 6) is 1.37. The first kappa shape index (κ1) is 17.6. The molecule has 1 atom stereocenters. The summed E-state index contributed by atoms with van der Waals surface area (Å²) in [6.45, 7) is 6.11. The predicted octanol–water partition coefficient (Wildman–Crippen LogP) is 3.04. The van der Waals surface area contributed by atoms with E-state index in [2.05, 4.69) is 4.90 Å². The van der Waals surface area contributed by atoms with Gasteiger partial charge in [0.15, 0.2) is 11.5 Å². The molecule has 1 heterocycles. The first-order chi connectivity index (χ1) is 11.2. The Balaban J connectivity index is 1.74. The van der Waals surface area contributed by atoms with Gasteiger partial charge in [-0.1, -0.05) is 12.1 Å². The molecule has 0 aliphatic carbocycles. The van der Waals surface area contributed by atoms with Gasteiger partial charge in [0, 0.05) is 19.5 Å². The van der Waals surface area contributed by atoms with Gasteiger partial charge in [-0.2, -0.15) is 0 Å². The van der Waals surface area contributed by atoms with Crippen LogP contribution in [-0.4, -0.2) is 48.8 Å². The lowest BCUT2D eigenvalue weighted by Gasteiger charge is -2.32. The molecule has 1 aliphatic rings. The first-order valence-corrected chi connectivity index (χ1v) is 8.47. The van der Waals surface area contributed by atoms with Gasteiger partial charge in [-0.05, 0) is 50.8 Å². The fraction of sp³-hybridized carbons (Fsp3) is 0.611. The molecular formula is C18H27NO4. The van der Waals surface area contributed by atoms with E-state index in [1.807, 2.05) is 31.2 Å². The Labute approximate surface area is 138 Å². The minimum atomic E-state index is -0.696. The topological polar surface area (TPSA) is 59.0 Å². The molecule has 0 spiro atoms. The zero-order valence-electron chi connectivity index (χ0n) is 13.9. The van der Waals surface area contributed by atoms with E-state index >= 15 is 0 Å². The summed E-state index contributed by atoms with van der Waals surface area (Å²) in [5.41, 5.74) is 0. The van der Waals surface area contributed by atoms with Gasteiger partial charge >= 0.3 is 5.97 Å². The van der Waals surface area contributed by atoms with Crippen LogP contribution in [-0.2, 0) is 4.79 Å². The van der Waals surface area contributed by atoms with Gasteiger partial charge in [-0.25, -0.2) is 0 Å². The summed E-state index contributed by atoms with van der Waals surface area (Å²) in [6, 6.07) is 7.73. The summed E-state index contributed by atoms with van der Waals surface area (Å²) in [7, 11) is 0. The van der Waals surface area contributed by atoms with Gasteiger partial charge in [0.1, 0.15) is 6.61 Å². The van der Waals surface area contributed by atoms with Gasteiger partial charge in [-0.15, -0.1) is 0 Å². The van der Waals surface area contributed by atoms with Crippen LogP contribution in [0.2, 0.25) is 0 Å². The Morgan fingerprint density at radius 1 is 1.30 bits per heavy atom. The largest absolute Gasteiger partial charge is 0.490 e. The lowest BCUT2D eigenvalue weighted by molar-refractivity contribution is -0.137. The molecule has 1 aliphatic heterocycles. The third-order valence-corrected chi connectivity index (χ3v) is 4.18. The molecule has 1 fully saturated rings. The van der Waals surface area contributed by atoms with Crippen molar-refractivity contribution in [3.8, 4) is 11.5 Å². The smallest absolute Gasteiger partial charge is 0.303 e. The van der Waals surface area contributed by atoms with Crippen LogP contribution in [0.25, 0.3) is 0 Å². The van der Waals surface area contributed by atoms with Gasteiger partial charge in [0.25, 0.3) is 0 Å². The standard InChI is InChI=1S/C18H27NO4/c1-2-22-16-7-3-4-8-17(16)23-13-12-19-11-5-6-15(14-19)9-10-18(20)21/h3-4,7-8,15H,2,5-6,9-14H2,1H3,(H,20,21). The Morgan fingerprint density at radius 2 is 2.04 bits per heavy atom. The number of likely N-dealkylation sites (tertiary alicyclic amines) is 1. The average Bonchev–Trinajstić information content (AvgIpc) is 2.55.